The number of esters is 1. The summed E-state index contributed by atoms with van der Waals surface area (Å²) < 4.78 is 24.5. The Morgan fingerprint density at radius 2 is 1.79 bits per heavy atom. The number of carbonyl (C=O) groups is 3. The average molecular weight is 598 g/mol. The molecule has 2 N–H and O–H groups in total. The van der Waals surface area contributed by atoms with Gasteiger partial charge in [-0.3, -0.25) is 9.59 Å². The Balaban J connectivity index is 2.65. The van der Waals surface area contributed by atoms with Gasteiger partial charge in [-0.15, -0.1) is 0 Å². The average Bonchev–Trinajstić information content (AvgIpc) is 2.92. The number of aliphatic hydroxyl groups is 2. The number of nitrogens with zero attached hydrogens (tertiary/aromatic N) is 1. The quantitative estimate of drug-likeness (QED) is 0.195. The van der Waals surface area contributed by atoms with E-state index in [1.807, 2.05) is 52.8 Å². The van der Waals surface area contributed by atoms with E-state index >= 15 is 0 Å². The van der Waals surface area contributed by atoms with Gasteiger partial charge in [0, 0.05) is 31.4 Å². The van der Waals surface area contributed by atoms with E-state index in [4.69, 9.17) is 18.9 Å². The van der Waals surface area contributed by atoms with Gasteiger partial charge in [0.25, 0.3) is 0 Å². The summed E-state index contributed by atoms with van der Waals surface area (Å²) in [5, 5.41) is 22.9. The van der Waals surface area contributed by atoms with E-state index in [1.54, 1.807) is 27.9 Å². The van der Waals surface area contributed by atoms with Crippen molar-refractivity contribution in [3.63, 3.8) is 0 Å². The predicted molar refractivity (Wildman–Crippen MR) is 159 cm³/mol. The first-order chi connectivity index (χ1) is 19.4. The largest absolute Gasteiger partial charge is 0.459 e. The van der Waals surface area contributed by atoms with E-state index in [9.17, 15) is 24.6 Å². The smallest absolute Gasteiger partial charge is 0.316 e. The number of hydrogen-bond acceptors (Lipinski definition) is 10. The lowest BCUT2D eigenvalue weighted by atomic mass is 9.74. The molecular formula is C32H55NO9. The van der Waals surface area contributed by atoms with E-state index in [0.717, 1.165) is 11.9 Å². The van der Waals surface area contributed by atoms with Gasteiger partial charge in [-0.05, 0) is 73.9 Å². The third-order valence-corrected chi connectivity index (χ3v) is 9.45. The third kappa shape index (κ3) is 8.07. The molecule has 0 aromatic carbocycles. The fourth-order valence-corrected chi connectivity index (χ4v) is 6.89. The molecule has 2 heterocycles. The van der Waals surface area contributed by atoms with Gasteiger partial charge in [0.15, 0.2) is 12.1 Å². The Labute approximate surface area is 252 Å². The van der Waals surface area contributed by atoms with Gasteiger partial charge in [-0.1, -0.05) is 32.4 Å². The maximum Gasteiger partial charge on any atom is 0.316 e. The van der Waals surface area contributed by atoms with Crippen molar-refractivity contribution in [2.45, 2.75) is 129 Å². The Morgan fingerprint density at radius 1 is 1.17 bits per heavy atom. The minimum atomic E-state index is -1.55. The van der Waals surface area contributed by atoms with Crippen molar-refractivity contribution in [1.29, 1.82) is 0 Å². The van der Waals surface area contributed by atoms with Crippen LogP contribution in [0.3, 0.4) is 0 Å². The van der Waals surface area contributed by atoms with Crippen LogP contribution < -0.4 is 0 Å². The van der Waals surface area contributed by atoms with E-state index in [-0.39, 0.29) is 24.5 Å². The maximum atomic E-state index is 13.9. The zero-order valence-corrected chi connectivity index (χ0v) is 27.5. The van der Waals surface area contributed by atoms with Crippen LogP contribution in [0.2, 0.25) is 0 Å². The number of hydrogen-bond donors (Lipinski definition) is 2. The molecule has 42 heavy (non-hydrogen) atoms. The molecule has 12 atom stereocenters. The number of aliphatic hydroxyl groups excluding tert-OH is 1. The second-order valence-electron chi connectivity index (χ2n) is 13.2. The first-order valence-electron chi connectivity index (χ1n) is 15.2. The van der Waals surface area contributed by atoms with E-state index < -0.39 is 65.3 Å². The van der Waals surface area contributed by atoms with Gasteiger partial charge in [0.1, 0.15) is 30.0 Å². The summed E-state index contributed by atoms with van der Waals surface area (Å²) in [5.74, 6) is -3.91. The lowest BCUT2D eigenvalue weighted by Crippen LogP contribution is -2.59. The highest BCUT2D eigenvalue weighted by molar-refractivity contribution is 6.00. The summed E-state index contributed by atoms with van der Waals surface area (Å²) in [6, 6.07) is -0.219. The molecule has 1 fully saturated rings. The maximum absolute atomic E-state index is 13.9. The van der Waals surface area contributed by atoms with Crippen molar-refractivity contribution in [3.8, 4) is 0 Å². The Morgan fingerprint density at radius 3 is 2.31 bits per heavy atom. The minimum Gasteiger partial charge on any atom is -0.459 e. The van der Waals surface area contributed by atoms with Crippen LogP contribution in [0, 0.1) is 23.7 Å². The highest BCUT2D eigenvalue weighted by Crippen LogP contribution is 2.39. The zero-order valence-electron chi connectivity index (χ0n) is 27.5. The molecular weight excluding hydrogens is 542 g/mol. The van der Waals surface area contributed by atoms with Crippen molar-refractivity contribution in [2.24, 2.45) is 23.7 Å². The molecule has 2 aliphatic heterocycles. The Kier molecular flexibility index (Phi) is 12.9. The standard InChI is InChI=1S/C32H55NO9/c1-12-25-32(8,38)23(13-14-34)19(3)15-18(2)17-31(7,39-11)28(21(5)26(35)22(6)29(37)41-25)42-30-27(36)24(33(9)10)16-20(4)40-30/h14-15,18,20-25,27-28,30,36,38H,12-13,16-17H2,1-11H3/b19-15-/t18-,20+,21-,22+,23+,24-,25+,27+,28+,30-,31+,32-/m0/s1. The SMILES string of the molecule is CC[C@H]1OC(=O)[C@H](C)C(=O)[C@H](C)[C@@H](O[C@@H]2O[C@H](C)C[C@H](N(C)C)[C@H]2O)[C@](C)(OC)C[C@@H](C)/C=C(/C)[C@@H](CC=O)[C@]1(C)O. The van der Waals surface area contributed by atoms with Gasteiger partial charge in [0.2, 0.25) is 0 Å². The third-order valence-electron chi connectivity index (χ3n) is 9.45. The lowest BCUT2D eigenvalue weighted by molar-refractivity contribution is -0.295. The molecule has 2 rings (SSSR count). The van der Waals surface area contributed by atoms with Crippen LogP contribution in [0.1, 0.15) is 81.1 Å². The summed E-state index contributed by atoms with van der Waals surface area (Å²) in [6.07, 6.45) is 0.0636. The van der Waals surface area contributed by atoms with Gasteiger partial charge >= 0.3 is 5.97 Å². The van der Waals surface area contributed by atoms with Gasteiger partial charge in [0.05, 0.1) is 17.8 Å². The summed E-state index contributed by atoms with van der Waals surface area (Å²) in [7, 11) is 5.32. The molecule has 0 bridgehead atoms. The molecule has 2 aliphatic rings. The summed E-state index contributed by atoms with van der Waals surface area (Å²) in [4.78, 5) is 40.9. The molecule has 10 nitrogen and oxygen atoms in total. The van der Waals surface area contributed by atoms with Crippen LogP contribution in [-0.4, -0.2) is 102 Å². The number of ether oxygens (including phenoxy) is 4. The van der Waals surface area contributed by atoms with Crippen LogP contribution in [0.4, 0.5) is 0 Å². The summed E-state index contributed by atoms with van der Waals surface area (Å²) >= 11 is 0. The van der Waals surface area contributed by atoms with Gasteiger partial charge in [-0.25, -0.2) is 0 Å². The normalized spacial score (nSPS) is 44.2. The molecule has 0 saturated carbocycles. The van der Waals surface area contributed by atoms with Crippen molar-refractivity contribution < 1.29 is 43.5 Å². The fraction of sp³-hybridized carbons (Fsp3) is 0.844. The lowest BCUT2D eigenvalue weighted by Gasteiger charge is -2.46. The number of cyclic esters (lactones) is 1. The van der Waals surface area contributed by atoms with Crippen molar-refractivity contribution in [3.05, 3.63) is 11.6 Å². The number of Topliss-reactive ketones (excluding diaryl/α,β-unsaturated/α-hetero) is 1. The number of allylic oxidation sites excluding steroid dienone is 1. The predicted octanol–water partition coefficient (Wildman–Crippen LogP) is 3.31. The van der Waals surface area contributed by atoms with Crippen molar-refractivity contribution in [1.82, 2.24) is 4.90 Å². The van der Waals surface area contributed by atoms with Crippen LogP contribution in [-0.2, 0) is 33.3 Å². The van der Waals surface area contributed by atoms with Crippen LogP contribution >= 0.6 is 0 Å². The van der Waals surface area contributed by atoms with Gasteiger partial charge < -0.3 is 38.9 Å². The molecule has 0 aromatic heterocycles. The van der Waals surface area contributed by atoms with Crippen LogP contribution in [0.5, 0.6) is 0 Å². The van der Waals surface area contributed by atoms with E-state index in [1.165, 1.54) is 6.92 Å². The monoisotopic (exact) mass is 597 g/mol. The summed E-state index contributed by atoms with van der Waals surface area (Å²) in [6.45, 7) is 14.2. The number of aldehydes is 1. The molecule has 0 aliphatic carbocycles. The molecule has 0 unspecified atom stereocenters. The second-order valence-corrected chi connectivity index (χ2v) is 13.2. The molecule has 242 valence electrons. The first-order valence-corrected chi connectivity index (χ1v) is 15.2. The van der Waals surface area contributed by atoms with Crippen LogP contribution in [0.15, 0.2) is 11.6 Å². The molecule has 10 heteroatoms. The highest BCUT2D eigenvalue weighted by Gasteiger charge is 2.50. The zero-order chi connectivity index (χ0) is 32.2. The molecule has 0 spiro atoms. The first kappa shape index (κ1) is 36.5. The molecule has 1 saturated heterocycles. The number of methoxy groups -OCH3 is 1. The number of ketones is 1. The second kappa shape index (κ2) is 14.9. The Hall–Kier alpha value is -1.69. The number of carbonyl (C=O) groups excluding carboxylic acids is 3. The highest BCUT2D eigenvalue weighted by atomic mass is 16.7. The van der Waals surface area contributed by atoms with E-state index in [0.29, 0.717) is 19.3 Å². The van der Waals surface area contributed by atoms with Crippen molar-refractivity contribution in [2.75, 3.05) is 21.2 Å². The summed E-state index contributed by atoms with van der Waals surface area (Å²) in [5.41, 5.74) is -1.81. The van der Waals surface area contributed by atoms with E-state index in [2.05, 4.69) is 0 Å². The molecule has 0 amide bonds. The minimum absolute atomic E-state index is 0.0387. The fourth-order valence-electron chi connectivity index (χ4n) is 6.89. The number of rotatable bonds is 7. The molecule has 0 radical (unpaired) electrons. The Bertz CT molecular complexity index is 966. The molecule has 0 aromatic rings. The topological polar surface area (TPSA) is 132 Å². The van der Waals surface area contributed by atoms with Gasteiger partial charge in [-0.2, -0.15) is 0 Å². The van der Waals surface area contributed by atoms with Crippen molar-refractivity contribution >= 4 is 18.0 Å². The van der Waals surface area contributed by atoms with Crippen LogP contribution in [0.25, 0.3) is 0 Å². The number of likely N-dealkylation sites (N-methyl/N-ethyl adjacent to an activating group) is 1.